The van der Waals surface area contributed by atoms with Crippen molar-refractivity contribution in [2.75, 3.05) is 0 Å². The van der Waals surface area contributed by atoms with Crippen LogP contribution in [0.15, 0.2) is 105 Å². The summed E-state index contributed by atoms with van der Waals surface area (Å²) in [4.78, 5) is 9.07. The first-order chi connectivity index (χ1) is 17.0. The third kappa shape index (κ3) is 5.74. The van der Waals surface area contributed by atoms with Crippen molar-refractivity contribution in [1.29, 1.82) is 0 Å². The van der Waals surface area contributed by atoms with Crippen LogP contribution in [0.3, 0.4) is 0 Å². The average Bonchev–Trinajstić information content (AvgIpc) is 3.26. The lowest BCUT2D eigenvalue weighted by Crippen LogP contribution is -1.87. The fourth-order valence-corrected chi connectivity index (χ4v) is 3.62. The van der Waals surface area contributed by atoms with Gasteiger partial charge in [0.05, 0.1) is 17.1 Å². The number of fused-ring (bicyclic) bond motifs is 1. The topological polar surface area (TPSA) is 83.3 Å². The van der Waals surface area contributed by atoms with Gasteiger partial charge in [0, 0.05) is 28.2 Å². The van der Waals surface area contributed by atoms with Crippen LogP contribution in [0.4, 0.5) is 17.1 Å². The van der Waals surface area contributed by atoms with Crippen molar-refractivity contribution in [3.8, 4) is 5.75 Å². The summed E-state index contributed by atoms with van der Waals surface area (Å²) >= 11 is 11.8. The van der Waals surface area contributed by atoms with Gasteiger partial charge in [0.2, 0.25) is 0 Å². The molecule has 0 spiro atoms. The first kappa shape index (κ1) is 22.8. The van der Waals surface area contributed by atoms with Crippen LogP contribution in [0.25, 0.3) is 11.1 Å². The molecule has 0 aliphatic rings. The number of hydrogen-bond acceptors (Lipinski definition) is 6. The molecule has 0 aliphatic heterocycles. The molecule has 0 radical (unpaired) electrons. The Morgan fingerprint density at radius 3 is 2.20 bits per heavy atom. The van der Waals surface area contributed by atoms with Crippen molar-refractivity contribution in [2.45, 2.75) is 6.42 Å². The quantitative estimate of drug-likeness (QED) is 0.187. The van der Waals surface area contributed by atoms with Gasteiger partial charge in [0.1, 0.15) is 11.3 Å². The highest BCUT2D eigenvalue weighted by atomic mass is 35.5. The molecule has 0 saturated heterocycles. The fraction of sp³-hybridized carbons (Fsp3) is 0.0370. The van der Waals surface area contributed by atoms with Crippen LogP contribution < -0.4 is 0 Å². The zero-order valence-electron chi connectivity index (χ0n) is 18.3. The molecule has 5 aromatic rings. The summed E-state index contributed by atoms with van der Waals surface area (Å²) in [6, 6.07) is 25.1. The first-order valence-electron chi connectivity index (χ1n) is 10.7. The van der Waals surface area contributed by atoms with E-state index in [2.05, 4.69) is 20.2 Å². The second-order valence-electron chi connectivity index (χ2n) is 7.74. The summed E-state index contributed by atoms with van der Waals surface area (Å²) in [5.74, 6) is 0.701. The van der Waals surface area contributed by atoms with E-state index < -0.39 is 0 Å². The number of hydrogen-bond donors (Lipinski definition) is 1. The Balaban J connectivity index is 1.33. The number of benzene rings is 4. The summed E-state index contributed by atoms with van der Waals surface area (Å²) in [5, 5.41) is 20.0. The van der Waals surface area contributed by atoms with Crippen LogP contribution in [0.2, 0.25) is 10.0 Å². The van der Waals surface area contributed by atoms with Gasteiger partial charge in [0.25, 0.3) is 0 Å². The number of phenolic OH excluding ortho intramolecular Hbond substituents is 1. The van der Waals surface area contributed by atoms with E-state index in [0.717, 1.165) is 5.56 Å². The largest absolute Gasteiger partial charge is 0.507 e. The highest BCUT2D eigenvalue weighted by molar-refractivity contribution is 6.30. The minimum Gasteiger partial charge on any atom is -0.507 e. The number of aromatic hydroxyl groups is 1. The van der Waals surface area contributed by atoms with Gasteiger partial charge >= 0.3 is 0 Å². The molecule has 172 valence electrons. The molecule has 6 nitrogen and oxygen atoms in total. The number of halogens is 2. The number of nitrogens with zero attached hydrogens (tertiary/aromatic N) is 4. The number of aliphatic imine (C=N–C) groups is 1. The van der Waals surface area contributed by atoms with E-state index in [0.29, 0.717) is 56.1 Å². The minimum absolute atomic E-state index is 0.0898. The smallest absolute Gasteiger partial charge is 0.199 e. The van der Waals surface area contributed by atoms with E-state index in [1.54, 1.807) is 48.7 Å². The van der Waals surface area contributed by atoms with Crippen molar-refractivity contribution in [3.63, 3.8) is 0 Å². The molecule has 0 saturated carbocycles. The van der Waals surface area contributed by atoms with Crippen LogP contribution in [0, 0.1) is 0 Å². The number of azo groups is 1. The van der Waals surface area contributed by atoms with E-state index in [9.17, 15) is 5.11 Å². The molecule has 8 heteroatoms. The minimum atomic E-state index is 0.0898. The van der Waals surface area contributed by atoms with Gasteiger partial charge in [-0.05, 0) is 78.4 Å². The molecule has 0 aliphatic carbocycles. The van der Waals surface area contributed by atoms with Gasteiger partial charge < -0.3 is 9.52 Å². The summed E-state index contributed by atoms with van der Waals surface area (Å²) in [6.07, 6.45) is 2.14. The second-order valence-corrected chi connectivity index (χ2v) is 8.61. The van der Waals surface area contributed by atoms with Gasteiger partial charge in [-0.2, -0.15) is 10.2 Å². The lowest BCUT2D eigenvalue weighted by Gasteiger charge is -2.00. The normalized spacial score (nSPS) is 11.7. The van der Waals surface area contributed by atoms with Crippen LogP contribution in [0.5, 0.6) is 5.75 Å². The molecule has 0 unspecified atom stereocenters. The maximum atomic E-state index is 10.2. The number of oxazole rings is 1. The van der Waals surface area contributed by atoms with Crippen molar-refractivity contribution in [1.82, 2.24) is 4.98 Å². The van der Waals surface area contributed by atoms with Crippen LogP contribution in [-0.4, -0.2) is 16.3 Å². The van der Waals surface area contributed by atoms with Gasteiger partial charge in [0.15, 0.2) is 11.5 Å². The van der Waals surface area contributed by atoms with Crippen molar-refractivity contribution < 1.29 is 9.52 Å². The van der Waals surface area contributed by atoms with Crippen molar-refractivity contribution in [3.05, 3.63) is 112 Å². The maximum Gasteiger partial charge on any atom is 0.199 e. The van der Waals surface area contributed by atoms with Crippen molar-refractivity contribution in [2.24, 2.45) is 15.2 Å². The molecule has 1 aromatic heterocycles. The molecule has 35 heavy (non-hydrogen) atoms. The Morgan fingerprint density at radius 2 is 1.43 bits per heavy atom. The Bertz CT molecular complexity index is 1540. The first-order valence-corrected chi connectivity index (χ1v) is 11.5. The number of aromatic nitrogens is 1. The van der Waals surface area contributed by atoms with E-state index in [4.69, 9.17) is 27.6 Å². The Labute approximate surface area is 211 Å². The molecule has 0 atom stereocenters. The molecule has 0 bridgehead atoms. The van der Waals surface area contributed by atoms with Gasteiger partial charge in [-0.3, -0.25) is 4.99 Å². The molecule has 1 heterocycles. The van der Waals surface area contributed by atoms with E-state index in [1.165, 1.54) is 0 Å². The van der Waals surface area contributed by atoms with E-state index in [-0.39, 0.29) is 5.75 Å². The van der Waals surface area contributed by atoms with Crippen LogP contribution in [-0.2, 0) is 6.42 Å². The lowest BCUT2D eigenvalue weighted by molar-refractivity contribution is 0.474. The van der Waals surface area contributed by atoms with Crippen LogP contribution >= 0.6 is 23.2 Å². The predicted octanol–water partition coefficient (Wildman–Crippen LogP) is 8.60. The monoisotopic (exact) mass is 500 g/mol. The second kappa shape index (κ2) is 10.1. The summed E-state index contributed by atoms with van der Waals surface area (Å²) in [5.41, 5.74) is 4.89. The third-order valence-electron chi connectivity index (χ3n) is 5.16. The molecule has 1 N–H and O–H groups in total. The summed E-state index contributed by atoms with van der Waals surface area (Å²) in [6.45, 7) is 0. The fourth-order valence-electron chi connectivity index (χ4n) is 3.37. The molecule has 4 aromatic carbocycles. The van der Waals surface area contributed by atoms with Crippen LogP contribution in [0.1, 0.15) is 17.0 Å². The van der Waals surface area contributed by atoms with E-state index in [1.807, 2.05) is 42.5 Å². The van der Waals surface area contributed by atoms with Gasteiger partial charge in [-0.1, -0.05) is 35.3 Å². The van der Waals surface area contributed by atoms with Gasteiger partial charge in [-0.15, -0.1) is 0 Å². The highest BCUT2D eigenvalue weighted by Crippen LogP contribution is 2.27. The molecule has 0 fully saturated rings. The molecule has 0 amide bonds. The SMILES string of the molecule is Oc1ccc(N=Nc2ccc(Cl)cc2)cc1C=Nc1ccc2oc(Cc3ccc(Cl)cc3)nc2c1. The molecular weight excluding hydrogens is 483 g/mol. The third-order valence-corrected chi connectivity index (χ3v) is 5.66. The highest BCUT2D eigenvalue weighted by Gasteiger charge is 2.08. The standard InChI is InChI=1S/C27H18Cl2N4O2/c28-19-3-1-17(2-4-19)13-27-31-24-15-22(10-12-26(24)35-27)30-16-18-14-23(9-11-25(18)34)33-32-21-7-5-20(29)6-8-21/h1-12,14-16,34H,13H2. The zero-order chi connectivity index (χ0) is 24.2. The Kier molecular flexibility index (Phi) is 6.57. The Morgan fingerprint density at radius 1 is 0.771 bits per heavy atom. The van der Waals surface area contributed by atoms with Gasteiger partial charge in [-0.25, -0.2) is 4.98 Å². The maximum absolute atomic E-state index is 10.2. The number of phenols is 1. The molecule has 5 rings (SSSR count). The lowest BCUT2D eigenvalue weighted by atomic mass is 10.1. The Hall–Kier alpha value is -4.00. The summed E-state index contributed by atoms with van der Waals surface area (Å²) < 4.78 is 5.86. The predicted molar refractivity (Wildman–Crippen MR) is 139 cm³/mol. The number of rotatable bonds is 6. The zero-order valence-corrected chi connectivity index (χ0v) is 19.8. The summed E-state index contributed by atoms with van der Waals surface area (Å²) in [7, 11) is 0. The average molecular weight is 501 g/mol. The molecular formula is C27H18Cl2N4O2. The van der Waals surface area contributed by atoms with E-state index >= 15 is 0 Å². The van der Waals surface area contributed by atoms with Crippen molar-refractivity contribution >= 4 is 57.6 Å².